The lowest BCUT2D eigenvalue weighted by Gasteiger charge is -2.55. The van der Waals surface area contributed by atoms with E-state index in [9.17, 15) is 5.11 Å². The van der Waals surface area contributed by atoms with Crippen molar-refractivity contribution in [3.63, 3.8) is 0 Å². The van der Waals surface area contributed by atoms with Crippen LogP contribution in [0.1, 0.15) is 74.8 Å². The summed E-state index contributed by atoms with van der Waals surface area (Å²) in [7, 11) is 0. The van der Waals surface area contributed by atoms with Crippen molar-refractivity contribution in [1.82, 2.24) is 0 Å². The van der Waals surface area contributed by atoms with Gasteiger partial charge in [0.25, 0.3) is 0 Å². The minimum atomic E-state index is -0.973. The molecule has 2 aliphatic carbocycles. The molecule has 1 aliphatic heterocycles. The summed E-state index contributed by atoms with van der Waals surface area (Å²) in [5.74, 6) is -0.679. The van der Waals surface area contributed by atoms with E-state index in [1.807, 2.05) is 6.07 Å². The van der Waals surface area contributed by atoms with Crippen molar-refractivity contribution in [2.24, 2.45) is 0 Å². The second-order valence-corrected chi connectivity index (χ2v) is 7.37. The third kappa shape index (κ3) is 2.36. The molecule has 3 heteroatoms. The Morgan fingerprint density at radius 1 is 0.870 bits per heavy atom. The highest BCUT2D eigenvalue weighted by Gasteiger charge is 2.65. The minimum absolute atomic E-state index is 0.149. The summed E-state index contributed by atoms with van der Waals surface area (Å²) in [6, 6.07) is 8.33. The molecule has 126 valence electrons. The van der Waals surface area contributed by atoms with Crippen molar-refractivity contribution >= 4 is 0 Å². The zero-order valence-electron chi connectivity index (χ0n) is 13.9. The first-order chi connectivity index (χ1) is 11.3. The van der Waals surface area contributed by atoms with E-state index < -0.39 is 11.4 Å². The Hall–Kier alpha value is -0.900. The molecular formula is C20H28O3. The van der Waals surface area contributed by atoms with E-state index in [2.05, 4.69) is 18.2 Å². The van der Waals surface area contributed by atoms with Crippen molar-refractivity contribution < 1.29 is 14.6 Å². The molecule has 23 heavy (non-hydrogen) atoms. The molecule has 2 fully saturated rings. The van der Waals surface area contributed by atoms with E-state index in [0.29, 0.717) is 13.2 Å². The third-order valence-electron chi connectivity index (χ3n) is 6.08. The largest absolute Gasteiger partial charge is 0.379 e. The Kier molecular flexibility index (Phi) is 4.21. The molecule has 0 amide bonds. The molecule has 0 aromatic heterocycles. The molecule has 4 rings (SSSR count). The quantitative estimate of drug-likeness (QED) is 0.778. The molecule has 1 N–H and O–H groups in total. The van der Waals surface area contributed by atoms with Gasteiger partial charge in [0.05, 0.1) is 13.2 Å². The van der Waals surface area contributed by atoms with Crippen LogP contribution in [0, 0.1) is 0 Å². The van der Waals surface area contributed by atoms with Gasteiger partial charge in [-0.05, 0) is 24.0 Å². The van der Waals surface area contributed by atoms with Gasteiger partial charge in [0.15, 0.2) is 5.60 Å². The highest BCUT2D eigenvalue weighted by molar-refractivity contribution is 5.49. The Bertz CT molecular complexity index is 550. The van der Waals surface area contributed by atoms with Gasteiger partial charge in [-0.25, -0.2) is 0 Å². The van der Waals surface area contributed by atoms with Crippen molar-refractivity contribution in [2.45, 2.75) is 75.1 Å². The summed E-state index contributed by atoms with van der Waals surface area (Å²) >= 11 is 0. The zero-order chi connectivity index (χ0) is 15.8. The van der Waals surface area contributed by atoms with Crippen LogP contribution >= 0.6 is 0 Å². The highest BCUT2D eigenvalue weighted by Crippen LogP contribution is 2.61. The predicted molar refractivity (Wildman–Crippen MR) is 89.3 cm³/mol. The topological polar surface area (TPSA) is 38.7 Å². The van der Waals surface area contributed by atoms with Gasteiger partial charge in [-0.1, -0.05) is 62.8 Å². The van der Waals surface area contributed by atoms with Crippen molar-refractivity contribution in [3.05, 3.63) is 35.4 Å². The van der Waals surface area contributed by atoms with E-state index in [1.54, 1.807) is 0 Å². The van der Waals surface area contributed by atoms with Crippen LogP contribution in [-0.4, -0.2) is 24.1 Å². The average Bonchev–Trinajstić information content (AvgIpc) is 3.05. The molecule has 1 saturated heterocycles. The van der Waals surface area contributed by atoms with Crippen LogP contribution in [0.5, 0.6) is 0 Å². The summed E-state index contributed by atoms with van der Waals surface area (Å²) in [6.07, 6.45) is 10.5. The Morgan fingerprint density at radius 3 is 2.30 bits per heavy atom. The van der Waals surface area contributed by atoms with Gasteiger partial charge in [0, 0.05) is 12.3 Å². The molecule has 1 aromatic carbocycles. The van der Waals surface area contributed by atoms with Gasteiger partial charge >= 0.3 is 0 Å². The summed E-state index contributed by atoms with van der Waals surface area (Å²) < 4.78 is 12.2. The second-order valence-electron chi connectivity index (χ2n) is 7.37. The molecule has 0 radical (unpaired) electrons. The Labute approximate surface area is 139 Å². The lowest BCUT2D eigenvalue weighted by molar-refractivity contribution is -0.299. The fourth-order valence-corrected chi connectivity index (χ4v) is 4.92. The smallest absolute Gasteiger partial charge is 0.202 e. The van der Waals surface area contributed by atoms with Crippen LogP contribution in [0.25, 0.3) is 0 Å². The van der Waals surface area contributed by atoms with Gasteiger partial charge < -0.3 is 14.6 Å². The number of ether oxygens (including phenoxy) is 2. The lowest BCUT2D eigenvalue weighted by Crippen LogP contribution is -2.61. The van der Waals surface area contributed by atoms with E-state index in [0.717, 1.165) is 24.8 Å². The molecule has 1 spiro atoms. The standard InChI is InChI=1S/C20H28O3/c21-20-17(16-10-7-8-12-18(16)20)11-6-4-2-1-3-5-9-13-19(20)22-14-15-23-19/h7-8,10,12,17,21H,1-6,9,11,13-15H2/t17-,20-/m0/s1. The third-order valence-corrected chi connectivity index (χ3v) is 6.08. The second kappa shape index (κ2) is 6.19. The summed E-state index contributed by atoms with van der Waals surface area (Å²) in [6.45, 7) is 1.19. The van der Waals surface area contributed by atoms with Gasteiger partial charge in [-0.3, -0.25) is 0 Å². The first-order valence-corrected chi connectivity index (χ1v) is 9.38. The number of benzene rings is 1. The van der Waals surface area contributed by atoms with E-state index >= 15 is 0 Å². The number of aliphatic hydroxyl groups is 1. The van der Waals surface area contributed by atoms with Gasteiger partial charge in [0.1, 0.15) is 0 Å². The molecule has 3 nitrogen and oxygen atoms in total. The maximum atomic E-state index is 11.8. The molecule has 2 atom stereocenters. The highest BCUT2D eigenvalue weighted by atomic mass is 16.7. The lowest BCUT2D eigenvalue weighted by atomic mass is 9.58. The SMILES string of the molecule is O[C@]12c3ccccc3[C@@H]1CCCCCCCCCC21OCCO1. The number of fused-ring (bicyclic) bond motifs is 5. The van der Waals surface area contributed by atoms with Gasteiger partial charge in [0.2, 0.25) is 5.79 Å². The van der Waals surface area contributed by atoms with Crippen molar-refractivity contribution in [2.75, 3.05) is 13.2 Å². The molecule has 1 saturated carbocycles. The fraction of sp³-hybridized carbons (Fsp3) is 0.700. The summed E-state index contributed by atoms with van der Waals surface area (Å²) in [5, 5.41) is 11.8. The number of hydrogen-bond donors (Lipinski definition) is 1. The van der Waals surface area contributed by atoms with Crippen LogP contribution in [0.2, 0.25) is 0 Å². The first-order valence-electron chi connectivity index (χ1n) is 9.38. The van der Waals surface area contributed by atoms with E-state index in [1.165, 1.54) is 44.1 Å². The summed E-state index contributed by atoms with van der Waals surface area (Å²) in [5.41, 5.74) is 1.36. The Balaban J connectivity index is 1.71. The van der Waals surface area contributed by atoms with Crippen LogP contribution in [0.15, 0.2) is 24.3 Å². The zero-order valence-corrected chi connectivity index (χ0v) is 13.9. The molecule has 0 bridgehead atoms. The van der Waals surface area contributed by atoms with Crippen LogP contribution in [0.4, 0.5) is 0 Å². The van der Waals surface area contributed by atoms with Crippen LogP contribution in [-0.2, 0) is 15.1 Å². The first kappa shape index (κ1) is 15.6. The van der Waals surface area contributed by atoms with Gasteiger partial charge in [-0.2, -0.15) is 0 Å². The minimum Gasteiger partial charge on any atom is -0.379 e. The predicted octanol–water partition coefficient (Wildman–Crippen LogP) is 4.24. The number of hydrogen-bond acceptors (Lipinski definition) is 3. The van der Waals surface area contributed by atoms with E-state index in [-0.39, 0.29) is 5.92 Å². The van der Waals surface area contributed by atoms with Crippen molar-refractivity contribution in [3.8, 4) is 0 Å². The van der Waals surface area contributed by atoms with Gasteiger partial charge in [-0.15, -0.1) is 0 Å². The van der Waals surface area contributed by atoms with Crippen LogP contribution < -0.4 is 0 Å². The number of rotatable bonds is 0. The Morgan fingerprint density at radius 2 is 1.52 bits per heavy atom. The molecule has 1 heterocycles. The summed E-state index contributed by atoms with van der Waals surface area (Å²) in [4.78, 5) is 0. The monoisotopic (exact) mass is 316 g/mol. The fourth-order valence-electron chi connectivity index (χ4n) is 4.92. The molecule has 0 unspecified atom stereocenters. The van der Waals surface area contributed by atoms with Crippen molar-refractivity contribution in [1.29, 1.82) is 0 Å². The maximum absolute atomic E-state index is 11.8. The average molecular weight is 316 g/mol. The molecule has 3 aliphatic rings. The van der Waals surface area contributed by atoms with E-state index in [4.69, 9.17) is 9.47 Å². The molecule has 1 aromatic rings. The maximum Gasteiger partial charge on any atom is 0.202 e. The normalized spacial score (nSPS) is 33.9. The molecular weight excluding hydrogens is 288 g/mol. The van der Waals surface area contributed by atoms with Crippen LogP contribution in [0.3, 0.4) is 0 Å².